The molecule has 0 atom stereocenters. The number of halogens is 3. The largest absolute Gasteiger partial charge is 0.416 e. The lowest BCUT2D eigenvalue weighted by molar-refractivity contribution is -0.643. The van der Waals surface area contributed by atoms with Crippen molar-refractivity contribution in [1.29, 1.82) is 0 Å². The zero-order chi connectivity index (χ0) is 13.2. The fourth-order valence-electron chi connectivity index (χ4n) is 1.54. The summed E-state index contributed by atoms with van der Waals surface area (Å²) in [6.07, 6.45) is -4.29. The Balaban J connectivity index is 2.23. The first-order valence-corrected chi connectivity index (χ1v) is 6.28. The number of hydrogen-bond acceptors (Lipinski definition) is 2. The Morgan fingerprint density at radius 2 is 1.89 bits per heavy atom. The van der Waals surface area contributed by atoms with Crippen molar-refractivity contribution < 1.29 is 18.5 Å². The van der Waals surface area contributed by atoms with Gasteiger partial charge in [0.2, 0.25) is 0 Å². The molecule has 0 bridgehead atoms. The molecule has 0 aliphatic rings. The maximum Gasteiger partial charge on any atom is 0.416 e. The van der Waals surface area contributed by atoms with E-state index in [1.54, 1.807) is 0 Å². The molecule has 0 amide bonds. The van der Waals surface area contributed by atoms with Crippen molar-refractivity contribution in [3.63, 3.8) is 0 Å². The first kappa shape index (κ1) is 13.0. The van der Waals surface area contributed by atoms with E-state index in [2.05, 4.69) is 4.98 Å². The summed E-state index contributed by atoms with van der Waals surface area (Å²) in [6, 6.07) is 5.09. The molecular weight excluding hydrogens is 261 g/mol. The van der Waals surface area contributed by atoms with Crippen LogP contribution < -0.4 is 5.32 Å². The number of aromatic nitrogens is 1. The van der Waals surface area contributed by atoms with Gasteiger partial charge in [-0.25, -0.2) is 4.98 Å². The molecule has 2 nitrogen and oxygen atoms in total. The average Bonchev–Trinajstić information content (AvgIpc) is 2.77. The van der Waals surface area contributed by atoms with Crippen LogP contribution in [-0.4, -0.2) is 12.0 Å². The normalized spacial score (nSPS) is 11.8. The van der Waals surface area contributed by atoms with Crippen LogP contribution in [0.1, 0.15) is 11.3 Å². The third-order valence-electron chi connectivity index (χ3n) is 2.42. The Labute approximate surface area is 106 Å². The molecule has 1 aromatic heterocycles. The third kappa shape index (κ3) is 2.88. The summed E-state index contributed by atoms with van der Waals surface area (Å²) in [5.74, 6) is 0. The van der Waals surface area contributed by atoms with Crippen LogP contribution in [0, 0.1) is 0 Å². The van der Waals surface area contributed by atoms with E-state index in [0.717, 1.165) is 34.9 Å². The second-order valence-corrected chi connectivity index (χ2v) is 4.69. The van der Waals surface area contributed by atoms with Gasteiger partial charge in [-0.1, -0.05) is 12.1 Å². The first-order valence-electron chi connectivity index (χ1n) is 5.40. The minimum absolute atomic E-state index is 0.634. The van der Waals surface area contributed by atoms with Crippen molar-refractivity contribution >= 4 is 11.3 Å². The van der Waals surface area contributed by atoms with Gasteiger partial charge in [0, 0.05) is 10.9 Å². The van der Waals surface area contributed by atoms with E-state index in [1.807, 2.05) is 17.7 Å². The SMILES string of the molecule is C[NH2+]Cc1csc(-c2ccc(C(F)(F)F)cc2)n1. The fourth-order valence-corrected chi connectivity index (χ4v) is 2.38. The number of benzene rings is 1. The molecule has 1 heterocycles. The number of alkyl halides is 3. The molecule has 0 aliphatic carbocycles. The molecule has 2 N–H and O–H groups in total. The number of thiazole rings is 1. The zero-order valence-electron chi connectivity index (χ0n) is 9.66. The molecule has 0 saturated heterocycles. The molecule has 1 aromatic carbocycles. The summed E-state index contributed by atoms with van der Waals surface area (Å²) in [4.78, 5) is 4.37. The molecule has 96 valence electrons. The van der Waals surface area contributed by atoms with E-state index < -0.39 is 11.7 Å². The summed E-state index contributed by atoms with van der Waals surface area (Å²) < 4.78 is 37.2. The Morgan fingerprint density at radius 3 is 2.44 bits per heavy atom. The molecule has 2 aromatic rings. The summed E-state index contributed by atoms with van der Waals surface area (Å²) >= 11 is 1.44. The van der Waals surface area contributed by atoms with Crippen LogP contribution in [0.15, 0.2) is 29.6 Å². The highest BCUT2D eigenvalue weighted by Gasteiger charge is 2.30. The van der Waals surface area contributed by atoms with Crippen molar-refractivity contribution in [2.24, 2.45) is 0 Å². The van der Waals surface area contributed by atoms with Crippen LogP contribution in [0.4, 0.5) is 13.2 Å². The van der Waals surface area contributed by atoms with Gasteiger partial charge in [-0.2, -0.15) is 13.2 Å². The maximum absolute atomic E-state index is 12.4. The van der Waals surface area contributed by atoms with Gasteiger partial charge < -0.3 is 5.32 Å². The van der Waals surface area contributed by atoms with Crippen LogP contribution in [0.5, 0.6) is 0 Å². The van der Waals surface area contributed by atoms with Gasteiger partial charge in [0.15, 0.2) is 0 Å². The van der Waals surface area contributed by atoms with Gasteiger partial charge >= 0.3 is 6.18 Å². The van der Waals surface area contributed by atoms with Gasteiger partial charge in [0.25, 0.3) is 0 Å². The summed E-state index contributed by atoms with van der Waals surface area (Å²) in [6.45, 7) is 0.775. The minimum atomic E-state index is -4.29. The van der Waals surface area contributed by atoms with Gasteiger partial charge in [-0.05, 0) is 12.1 Å². The highest BCUT2D eigenvalue weighted by molar-refractivity contribution is 7.13. The Morgan fingerprint density at radius 1 is 1.22 bits per heavy atom. The number of nitrogens with zero attached hydrogens (tertiary/aromatic N) is 1. The summed E-state index contributed by atoms with van der Waals surface area (Å²) in [5.41, 5.74) is 1.03. The van der Waals surface area contributed by atoms with Crippen molar-refractivity contribution in [2.75, 3.05) is 7.05 Å². The lowest BCUT2D eigenvalue weighted by Crippen LogP contribution is -2.77. The number of quaternary nitrogens is 1. The van der Waals surface area contributed by atoms with Gasteiger partial charge in [0.05, 0.1) is 12.6 Å². The van der Waals surface area contributed by atoms with Gasteiger partial charge in [-0.3, -0.25) is 0 Å². The van der Waals surface area contributed by atoms with Crippen molar-refractivity contribution in [2.45, 2.75) is 12.7 Å². The van der Waals surface area contributed by atoms with Crippen LogP contribution in [0.3, 0.4) is 0 Å². The molecule has 2 rings (SSSR count). The van der Waals surface area contributed by atoms with Crippen molar-refractivity contribution in [3.05, 3.63) is 40.9 Å². The van der Waals surface area contributed by atoms with E-state index >= 15 is 0 Å². The molecule has 18 heavy (non-hydrogen) atoms. The monoisotopic (exact) mass is 273 g/mol. The zero-order valence-corrected chi connectivity index (χ0v) is 10.5. The van der Waals surface area contributed by atoms with Crippen LogP contribution in [0.2, 0.25) is 0 Å². The molecule has 6 heteroatoms. The second kappa shape index (κ2) is 5.07. The molecule has 0 saturated carbocycles. The minimum Gasteiger partial charge on any atom is -0.344 e. The Hall–Kier alpha value is -1.40. The molecule has 0 unspecified atom stereocenters. The summed E-state index contributed by atoms with van der Waals surface area (Å²) in [7, 11) is 1.94. The lowest BCUT2D eigenvalue weighted by atomic mass is 10.1. The standard InChI is InChI=1S/C12H11F3N2S/c1-16-6-10-7-18-11(17-10)8-2-4-9(5-3-8)12(13,14)15/h2-5,7,16H,6H2,1H3/p+1. The number of rotatable bonds is 3. The predicted octanol–water partition coefficient (Wildman–Crippen LogP) is 2.52. The third-order valence-corrected chi connectivity index (χ3v) is 3.36. The Bertz CT molecular complexity index is 517. The maximum atomic E-state index is 12.4. The molecule has 0 radical (unpaired) electrons. The molecular formula is C12H12F3N2S+. The van der Waals surface area contributed by atoms with E-state index in [1.165, 1.54) is 23.5 Å². The van der Waals surface area contributed by atoms with E-state index in [9.17, 15) is 13.2 Å². The molecule has 0 aliphatic heterocycles. The predicted molar refractivity (Wildman–Crippen MR) is 64.1 cm³/mol. The first-order chi connectivity index (χ1) is 8.50. The van der Waals surface area contributed by atoms with Gasteiger partial charge in [-0.15, -0.1) is 11.3 Å². The highest BCUT2D eigenvalue weighted by Crippen LogP contribution is 2.31. The van der Waals surface area contributed by atoms with Crippen molar-refractivity contribution in [1.82, 2.24) is 4.98 Å². The van der Waals surface area contributed by atoms with Crippen LogP contribution >= 0.6 is 11.3 Å². The molecule has 0 spiro atoms. The van der Waals surface area contributed by atoms with E-state index in [4.69, 9.17) is 0 Å². The second-order valence-electron chi connectivity index (χ2n) is 3.83. The fraction of sp³-hybridized carbons (Fsp3) is 0.250. The van der Waals surface area contributed by atoms with E-state index in [0.29, 0.717) is 0 Å². The van der Waals surface area contributed by atoms with Crippen molar-refractivity contribution in [3.8, 4) is 10.6 Å². The quantitative estimate of drug-likeness (QED) is 0.915. The topological polar surface area (TPSA) is 29.5 Å². The summed E-state index contributed by atoms with van der Waals surface area (Å²) in [5, 5.41) is 4.67. The Kier molecular flexibility index (Phi) is 3.68. The highest BCUT2D eigenvalue weighted by atomic mass is 32.1. The van der Waals surface area contributed by atoms with Crippen LogP contribution in [0.25, 0.3) is 10.6 Å². The van der Waals surface area contributed by atoms with Crippen LogP contribution in [-0.2, 0) is 12.7 Å². The molecule has 0 fully saturated rings. The average molecular weight is 273 g/mol. The number of nitrogens with two attached hydrogens (primary N) is 1. The smallest absolute Gasteiger partial charge is 0.344 e. The lowest BCUT2D eigenvalue weighted by Gasteiger charge is -2.06. The number of hydrogen-bond donors (Lipinski definition) is 1. The van der Waals surface area contributed by atoms with Gasteiger partial charge in [0.1, 0.15) is 17.2 Å². The van der Waals surface area contributed by atoms with E-state index in [-0.39, 0.29) is 0 Å².